The molecule has 188 valence electrons. The first-order valence-electron chi connectivity index (χ1n) is 13.0. The molecule has 4 heterocycles. The van der Waals surface area contributed by atoms with Crippen molar-refractivity contribution in [3.63, 3.8) is 0 Å². The number of aromatic nitrogens is 5. The van der Waals surface area contributed by atoms with E-state index in [0.717, 1.165) is 80.6 Å². The number of fused-ring (bicyclic) bond motifs is 1. The fourth-order valence-corrected chi connectivity index (χ4v) is 5.37. The molecule has 0 saturated carbocycles. The first-order valence-corrected chi connectivity index (χ1v) is 13.0. The summed E-state index contributed by atoms with van der Waals surface area (Å²) >= 11 is 0. The maximum atomic E-state index is 13.1. The van der Waals surface area contributed by atoms with Gasteiger partial charge in [-0.25, -0.2) is 4.68 Å². The van der Waals surface area contributed by atoms with Crippen LogP contribution in [-0.2, 0) is 22.6 Å². The molecule has 9 nitrogen and oxygen atoms in total. The van der Waals surface area contributed by atoms with E-state index in [9.17, 15) is 4.79 Å². The van der Waals surface area contributed by atoms with Gasteiger partial charge in [0.05, 0.1) is 24.8 Å². The number of aryl methyl sites for hydroxylation is 1. The smallest absolute Gasteiger partial charge is 0.252 e. The molecule has 35 heavy (non-hydrogen) atoms. The van der Waals surface area contributed by atoms with E-state index in [1.165, 1.54) is 5.56 Å². The Bertz CT molecular complexity index is 1180. The normalized spacial score (nSPS) is 21.3. The number of H-pyrrole nitrogens is 1. The van der Waals surface area contributed by atoms with Crippen LogP contribution in [0.25, 0.3) is 10.9 Å². The van der Waals surface area contributed by atoms with Gasteiger partial charge in [-0.15, -0.1) is 5.10 Å². The minimum absolute atomic E-state index is 0.0202. The Labute approximate surface area is 205 Å². The Hall–Kier alpha value is -2.62. The summed E-state index contributed by atoms with van der Waals surface area (Å²) in [5.41, 5.74) is 2.73. The molecule has 5 rings (SSSR count). The highest BCUT2D eigenvalue weighted by Gasteiger charge is 2.31. The van der Waals surface area contributed by atoms with E-state index in [4.69, 9.17) is 9.47 Å². The molecule has 0 spiro atoms. The molecule has 0 radical (unpaired) electrons. The fraction of sp³-hybridized carbons (Fsp3) is 0.615. The number of nitrogens with one attached hydrogen (secondary N) is 1. The minimum Gasteiger partial charge on any atom is -0.377 e. The van der Waals surface area contributed by atoms with E-state index in [2.05, 4.69) is 45.3 Å². The molecule has 2 saturated heterocycles. The summed E-state index contributed by atoms with van der Waals surface area (Å²) in [6.45, 7) is 7.75. The van der Waals surface area contributed by atoms with Crippen LogP contribution in [0.4, 0.5) is 0 Å². The van der Waals surface area contributed by atoms with Gasteiger partial charge in [-0.1, -0.05) is 25.0 Å². The number of benzene rings is 1. The number of aromatic amines is 1. The first-order chi connectivity index (χ1) is 17.1. The standard InChI is InChI=1S/C26H36N6O3/c1-3-6-24(25-28-29-30-32(25)17-22-8-5-12-35-22)31(16-21-7-4-11-34-21)15-20-14-19-13-18(2)9-10-23(19)27-26(20)33/h9-10,13-14,21-22,24H,3-8,11-12,15-17H2,1-2H3,(H,27,33)/t21-,22+,24-/m0/s1. The quantitative estimate of drug-likeness (QED) is 0.474. The number of tetrazole rings is 1. The van der Waals surface area contributed by atoms with E-state index in [-0.39, 0.29) is 23.8 Å². The lowest BCUT2D eigenvalue weighted by molar-refractivity contribution is 0.0457. The van der Waals surface area contributed by atoms with Gasteiger partial charge in [0.15, 0.2) is 5.82 Å². The van der Waals surface area contributed by atoms with Gasteiger partial charge in [-0.2, -0.15) is 0 Å². The van der Waals surface area contributed by atoms with Gasteiger partial charge >= 0.3 is 0 Å². The second kappa shape index (κ2) is 11.0. The van der Waals surface area contributed by atoms with Crippen LogP contribution in [0.5, 0.6) is 0 Å². The lowest BCUT2D eigenvalue weighted by Crippen LogP contribution is -2.38. The third-order valence-corrected chi connectivity index (χ3v) is 7.17. The van der Waals surface area contributed by atoms with E-state index < -0.39 is 0 Å². The van der Waals surface area contributed by atoms with Crippen LogP contribution >= 0.6 is 0 Å². The van der Waals surface area contributed by atoms with E-state index in [1.54, 1.807) is 0 Å². The van der Waals surface area contributed by atoms with Crippen molar-refractivity contribution in [3.05, 3.63) is 51.6 Å². The van der Waals surface area contributed by atoms with Crippen LogP contribution in [0.1, 0.15) is 68.4 Å². The highest BCUT2D eigenvalue weighted by atomic mass is 16.5. The van der Waals surface area contributed by atoms with Gasteiger partial charge < -0.3 is 14.5 Å². The number of pyridine rings is 1. The van der Waals surface area contributed by atoms with Crippen LogP contribution in [0.15, 0.2) is 29.1 Å². The Morgan fingerprint density at radius 2 is 1.97 bits per heavy atom. The van der Waals surface area contributed by atoms with Gasteiger partial charge in [-0.3, -0.25) is 9.69 Å². The summed E-state index contributed by atoms with van der Waals surface area (Å²) in [7, 11) is 0. The van der Waals surface area contributed by atoms with Gasteiger partial charge in [0, 0.05) is 37.4 Å². The molecule has 0 amide bonds. The second-order valence-corrected chi connectivity index (χ2v) is 9.94. The molecular weight excluding hydrogens is 444 g/mol. The minimum atomic E-state index is -0.0483. The molecule has 1 aromatic carbocycles. The van der Waals surface area contributed by atoms with Gasteiger partial charge in [-0.05, 0) is 73.0 Å². The Morgan fingerprint density at radius 3 is 2.71 bits per heavy atom. The largest absolute Gasteiger partial charge is 0.377 e. The lowest BCUT2D eigenvalue weighted by Gasteiger charge is -2.32. The number of rotatable bonds is 10. The van der Waals surface area contributed by atoms with Crippen LogP contribution < -0.4 is 5.56 Å². The monoisotopic (exact) mass is 480 g/mol. The molecule has 2 aromatic heterocycles. The van der Waals surface area contributed by atoms with Crippen molar-refractivity contribution < 1.29 is 9.47 Å². The van der Waals surface area contributed by atoms with E-state index >= 15 is 0 Å². The summed E-state index contributed by atoms with van der Waals surface area (Å²) in [6.07, 6.45) is 6.39. The zero-order chi connectivity index (χ0) is 24.2. The molecule has 3 aromatic rings. The molecule has 0 bridgehead atoms. The Kier molecular flexibility index (Phi) is 7.55. The Balaban J connectivity index is 1.47. The van der Waals surface area contributed by atoms with Gasteiger partial charge in [0.25, 0.3) is 5.56 Å². The zero-order valence-electron chi connectivity index (χ0n) is 20.8. The summed E-state index contributed by atoms with van der Waals surface area (Å²) in [5.74, 6) is 0.841. The SMILES string of the molecule is CCC[C@@H](c1nnnn1C[C@H]1CCCO1)N(Cc1cc2cc(C)ccc2[nH]c1=O)C[C@@H]1CCCO1. The predicted octanol–water partition coefficient (Wildman–Crippen LogP) is 3.52. The zero-order valence-corrected chi connectivity index (χ0v) is 20.8. The van der Waals surface area contributed by atoms with Crippen molar-refractivity contribution in [2.75, 3.05) is 19.8 Å². The van der Waals surface area contributed by atoms with Crippen molar-refractivity contribution in [1.82, 2.24) is 30.1 Å². The maximum Gasteiger partial charge on any atom is 0.252 e. The molecule has 2 aliphatic heterocycles. The first kappa shape index (κ1) is 24.1. The summed E-state index contributed by atoms with van der Waals surface area (Å²) in [6, 6.07) is 8.12. The van der Waals surface area contributed by atoms with Crippen molar-refractivity contribution in [2.24, 2.45) is 0 Å². The lowest BCUT2D eigenvalue weighted by atomic mass is 10.0. The van der Waals surface area contributed by atoms with Gasteiger partial charge in [0.1, 0.15) is 0 Å². The number of hydrogen-bond acceptors (Lipinski definition) is 7. The number of ether oxygens (including phenoxy) is 2. The van der Waals surface area contributed by atoms with Crippen molar-refractivity contribution >= 4 is 10.9 Å². The Morgan fingerprint density at radius 1 is 1.17 bits per heavy atom. The molecule has 1 N–H and O–H groups in total. The average Bonchev–Trinajstić information content (AvgIpc) is 3.62. The van der Waals surface area contributed by atoms with Crippen LogP contribution in [0.3, 0.4) is 0 Å². The van der Waals surface area contributed by atoms with Gasteiger partial charge in [0.2, 0.25) is 0 Å². The third-order valence-electron chi connectivity index (χ3n) is 7.17. The summed E-state index contributed by atoms with van der Waals surface area (Å²) in [4.78, 5) is 18.5. The second-order valence-electron chi connectivity index (χ2n) is 9.94. The van der Waals surface area contributed by atoms with Crippen molar-refractivity contribution in [1.29, 1.82) is 0 Å². The molecular formula is C26H36N6O3. The van der Waals surface area contributed by atoms with Crippen LogP contribution in [-0.4, -0.2) is 62.1 Å². The number of nitrogens with zero attached hydrogens (tertiary/aromatic N) is 5. The van der Waals surface area contributed by atoms with E-state index in [0.29, 0.717) is 13.1 Å². The van der Waals surface area contributed by atoms with Crippen LogP contribution in [0, 0.1) is 6.92 Å². The molecule has 2 fully saturated rings. The summed E-state index contributed by atoms with van der Waals surface area (Å²) < 4.78 is 13.8. The fourth-order valence-electron chi connectivity index (χ4n) is 5.37. The van der Waals surface area contributed by atoms with Crippen molar-refractivity contribution in [2.45, 2.75) is 83.7 Å². The third kappa shape index (κ3) is 5.63. The molecule has 0 unspecified atom stereocenters. The van der Waals surface area contributed by atoms with Crippen molar-refractivity contribution in [3.8, 4) is 0 Å². The average molecular weight is 481 g/mol. The summed E-state index contributed by atoms with van der Waals surface area (Å²) in [5, 5.41) is 13.9. The predicted molar refractivity (Wildman–Crippen MR) is 133 cm³/mol. The van der Waals surface area contributed by atoms with Crippen LogP contribution in [0.2, 0.25) is 0 Å². The maximum absolute atomic E-state index is 13.1. The molecule has 2 aliphatic rings. The number of hydrogen-bond donors (Lipinski definition) is 1. The highest BCUT2D eigenvalue weighted by Crippen LogP contribution is 2.29. The molecule has 9 heteroatoms. The van der Waals surface area contributed by atoms with E-state index in [1.807, 2.05) is 22.9 Å². The molecule has 0 aliphatic carbocycles. The topological polar surface area (TPSA) is 98.2 Å². The highest BCUT2D eigenvalue weighted by molar-refractivity contribution is 5.79. The molecule has 3 atom stereocenters.